The first-order valence-electron chi connectivity index (χ1n) is 6.38. The molecule has 1 atom stereocenters. The first-order valence-corrected chi connectivity index (χ1v) is 6.38. The van der Waals surface area contributed by atoms with Crippen LogP contribution in [0.4, 0.5) is 4.39 Å². The van der Waals surface area contributed by atoms with Gasteiger partial charge in [0, 0.05) is 24.7 Å². The average Bonchev–Trinajstić information content (AvgIpc) is 2.39. The number of halogens is 1. The molecule has 0 amide bonds. The molecule has 5 heteroatoms. The summed E-state index contributed by atoms with van der Waals surface area (Å²) in [6.45, 7) is 2.45. The Morgan fingerprint density at radius 1 is 1.42 bits per heavy atom. The number of benzene rings is 1. The standard InChI is InChI=1S/C14H20FNO3/c1-2-12(10-17)16(8-7-14(18)19)9-11-5-3-4-6-13(11)15/h3-6,12,17H,2,7-10H2,1H3,(H,18,19). The molecule has 0 saturated carbocycles. The molecule has 0 heterocycles. The molecule has 0 aliphatic rings. The van der Waals surface area contributed by atoms with E-state index in [0.717, 1.165) is 0 Å². The molecule has 0 bridgehead atoms. The number of hydrogen-bond donors (Lipinski definition) is 2. The third-order valence-corrected chi connectivity index (χ3v) is 3.14. The van der Waals surface area contributed by atoms with Crippen molar-refractivity contribution in [3.8, 4) is 0 Å². The Hall–Kier alpha value is -1.46. The van der Waals surface area contributed by atoms with E-state index >= 15 is 0 Å². The van der Waals surface area contributed by atoms with Crippen molar-refractivity contribution < 1.29 is 19.4 Å². The van der Waals surface area contributed by atoms with Crippen molar-refractivity contribution in [3.63, 3.8) is 0 Å². The van der Waals surface area contributed by atoms with Crippen LogP contribution in [0.5, 0.6) is 0 Å². The van der Waals surface area contributed by atoms with Crippen molar-refractivity contribution in [2.75, 3.05) is 13.2 Å². The maximum Gasteiger partial charge on any atom is 0.304 e. The Morgan fingerprint density at radius 3 is 2.63 bits per heavy atom. The van der Waals surface area contributed by atoms with Gasteiger partial charge in [0.1, 0.15) is 5.82 Å². The molecule has 0 fully saturated rings. The molecule has 0 aromatic heterocycles. The minimum atomic E-state index is -0.897. The number of carboxylic acids is 1. The van der Waals surface area contributed by atoms with Crippen molar-refractivity contribution in [2.24, 2.45) is 0 Å². The molecule has 19 heavy (non-hydrogen) atoms. The first-order chi connectivity index (χ1) is 9.08. The fourth-order valence-corrected chi connectivity index (χ4v) is 1.98. The van der Waals surface area contributed by atoms with Gasteiger partial charge < -0.3 is 10.2 Å². The molecule has 1 aromatic rings. The van der Waals surface area contributed by atoms with Crippen LogP contribution in [0.3, 0.4) is 0 Å². The van der Waals surface area contributed by atoms with E-state index in [0.29, 0.717) is 25.1 Å². The van der Waals surface area contributed by atoms with E-state index in [9.17, 15) is 14.3 Å². The Balaban J connectivity index is 2.78. The number of carboxylic acid groups (broad SMARTS) is 1. The summed E-state index contributed by atoms with van der Waals surface area (Å²) in [6, 6.07) is 6.26. The molecule has 1 aromatic carbocycles. The maximum atomic E-state index is 13.6. The Morgan fingerprint density at radius 2 is 2.11 bits per heavy atom. The minimum absolute atomic E-state index is 0.0229. The summed E-state index contributed by atoms with van der Waals surface area (Å²) in [6.07, 6.45) is 0.662. The Bertz CT molecular complexity index is 407. The summed E-state index contributed by atoms with van der Waals surface area (Å²) in [5, 5.41) is 18.1. The van der Waals surface area contributed by atoms with E-state index in [2.05, 4.69) is 0 Å². The van der Waals surface area contributed by atoms with E-state index < -0.39 is 5.97 Å². The molecule has 0 spiro atoms. The Labute approximate surface area is 112 Å². The van der Waals surface area contributed by atoms with E-state index in [1.54, 1.807) is 18.2 Å². The molecule has 0 saturated heterocycles. The van der Waals surface area contributed by atoms with Gasteiger partial charge in [-0.15, -0.1) is 0 Å². The third-order valence-electron chi connectivity index (χ3n) is 3.14. The molecule has 0 aliphatic carbocycles. The lowest BCUT2D eigenvalue weighted by molar-refractivity contribution is -0.137. The number of nitrogens with zero attached hydrogens (tertiary/aromatic N) is 1. The van der Waals surface area contributed by atoms with Crippen LogP contribution in [0, 0.1) is 5.82 Å². The molecular formula is C14H20FNO3. The molecule has 1 unspecified atom stereocenters. The van der Waals surface area contributed by atoms with Crippen LogP contribution >= 0.6 is 0 Å². The molecular weight excluding hydrogens is 249 g/mol. The van der Waals surface area contributed by atoms with E-state index in [4.69, 9.17) is 5.11 Å². The molecule has 0 radical (unpaired) electrons. The minimum Gasteiger partial charge on any atom is -0.481 e. The number of aliphatic hydroxyl groups is 1. The van der Waals surface area contributed by atoms with Crippen molar-refractivity contribution in [1.29, 1.82) is 0 Å². The smallest absolute Gasteiger partial charge is 0.304 e. The predicted octanol–water partition coefficient (Wildman–Crippen LogP) is 1.87. The fraction of sp³-hybridized carbons (Fsp3) is 0.500. The summed E-state index contributed by atoms with van der Waals surface area (Å²) in [5.41, 5.74) is 0.514. The van der Waals surface area contributed by atoms with Crippen LogP contribution in [0.1, 0.15) is 25.3 Å². The average molecular weight is 269 g/mol. The largest absolute Gasteiger partial charge is 0.481 e. The highest BCUT2D eigenvalue weighted by molar-refractivity contribution is 5.66. The summed E-state index contributed by atoms with van der Waals surface area (Å²) >= 11 is 0. The molecule has 106 valence electrons. The van der Waals surface area contributed by atoms with Gasteiger partial charge in [-0.2, -0.15) is 0 Å². The van der Waals surface area contributed by atoms with Gasteiger partial charge >= 0.3 is 5.97 Å². The highest BCUT2D eigenvalue weighted by Gasteiger charge is 2.18. The first kappa shape index (κ1) is 15.6. The lowest BCUT2D eigenvalue weighted by Gasteiger charge is -2.29. The second-order valence-corrected chi connectivity index (χ2v) is 4.45. The van der Waals surface area contributed by atoms with Crippen LogP contribution in [0.2, 0.25) is 0 Å². The zero-order valence-electron chi connectivity index (χ0n) is 11.1. The van der Waals surface area contributed by atoms with Gasteiger partial charge in [-0.05, 0) is 12.5 Å². The monoisotopic (exact) mass is 269 g/mol. The zero-order chi connectivity index (χ0) is 14.3. The van der Waals surface area contributed by atoms with Gasteiger partial charge in [-0.1, -0.05) is 25.1 Å². The molecule has 4 nitrogen and oxygen atoms in total. The van der Waals surface area contributed by atoms with Crippen LogP contribution < -0.4 is 0 Å². The van der Waals surface area contributed by atoms with Crippen LogP contribution in [0.25, 0.3) is 0 Å². The van der Waals surface area contributed by atoms with Crippen LogP contribution in [-0.4, -0.2) is 40.3 Å². The van der Waals surface area contributed by atoms with E-state index in [-0.39, 0.29) is 24.9 Å². The molecule has 0 aliphatic heterocycles. The normalized spacial score (nSPS) is 12.6. The van der Waals surface area contributed by atoms with Gasteiger partial charge in [-0.25, -0.2) is 4.39 Å². The van der Waals surface area contributed by atoms with Crippen molar-refractivity contribution >= 4 is 5.97 Å². The highest BCUT2D eigenvalue weighted by atomic mass is 19.1. The SMILES string of the molecule is CCC(CO)N(CCC(=O)O)Cc1ccccc1F. The lowest BCUT2D eigenvalue weighted by atomic mass is 10.1. The lowest BCUT2D eigenvalue weighted by Crippen LogP contribution is -2.38. The molecule has 1 rings (SSSR count). The number of hydrogen-bond acceptors (Lipinski definition) is 3. The van der Waals surface area contributed by atoms with Crippen molar-refractivity contribution in [1.82, 2.24) is 4.90 Å². The van der Waals surface area contributed by atoms with Gasteiger partial charge in [0.15, 0.2) is 0 Å². The van der Waals surface area contributed by atoms with Gasteiger partial charge in [-0.3, -0.25) is 9.69 Å². The van der Waals surface area contributed by atoms with Crippen LogP contribution in [0.15, 0.2) is 24.3 Å². The van der Waals surface area contributed by atoms with E-state index in [1.165, 1.54) is 6.07 Å². The summed E-state index contributed by atoms with van der Waals surface area (Å²) in [4.78, 5) is 12.5. The number of aliphatic hydroxyl groups excluding tert-OH is 1. The van der Waals surface area contributed by atoms with Crippen LogP contribution in [-0.2, 0) is 11.3 Å². The maximum absolute atomic E-state index is 13.6. The second-order valence-electron chi connectivity index (χ2n) is 4.45. The second kappa shape index (κ2) is 7.86. The Kier molecular flexibility index (Phi) is 6.45. The molecule has 2 N–H and O–H groups in total. The summed E-state index contributed by atoms with van der Waals surface area (Å²) in [7, 11) is 0. The van der Waals surface area contributed by atoms with Gasteiger partial charge in [0.05, 0.1) is 13.0 Å². The number of carbonyl (C=O) groups is 1. The van der Waals surface area contributed by atoms with E-state index in [1.807, 2.05) is 11.8 Å². The van der Waals surface area contributed by atoms with Gasteiger partial charge in [0.25, 0.3) is 0 Å². The third kappa shape index (κ3) is 4.96. The van der Waals surface area contributed by atoms with Gasteiger partial charge in [0.2, 0.25) is 0 Å². The fourth-order valence-electron chi connectivity index (χ4n) is 1.98. The highest BCUT2D eigenvalue weighted by Crippen LogP contribution is 2.14. The quantitative estimate of drug-likeness (QED) is 0.756. The summed E-state index contributed by atoms with van der Waals surface area (Å²) in [5.74, 6) is -1.21. The number of rotatable bonds is 8. The van der Waals surface area contributed by atoms with Crippen molar-refractivity contribution in [2.45, 2.75) is 32.4 Å². The number of aliphatic carboxylic acids is 1. The summed E-state index contributed by atoms with van der Waals surface area (Å²) < 4.78 is 13.6. The zero-order valence-corrected chi connectivity index (χ0v) is 11.1. The topological polar surface area (TPSA) is 60.8 Å². The van der Waals surface area contributed by atoms with Crippen molar-refractivity contribution in [3.05, 3.63) is 35.6 Å². The predicted molar refractivity (Wildman–Crippen MR) is 70.2 cm³/mol.